The molecule has 106 valence electrons. The molecule has 0 fully saturated rings. The van der Waals surface area contributed by atoms with E-state index in [4.69, 9.17) is 15.2 Å². The average Bonchev–Trinajstić information content (AvgIpc) is 2.89. The first-order valence-electron chi connectivity index (χ1n) is 6.41. The van der Waals surface area contributed by atoms with Crippen LogP contribution >= 0.6 is 0 Å². The largest absolute Gasteiger partial charge is 0.462 e. The number of ether oxygens (including phenoxy) is 2. The van der Waals surface area contributed by atoms with Crippen molar-refractivity contribution in [1.82, 2.24) is 9.78 Å². The maximum Gasteiger partial charge on any atom is 0.340 e. The molecule has 0 unspecified atom stereocenters. The number of nitrogens with two attached hydrogens (primary N) is 1. The summed E-state index contributed by atoms with van der Waals surface area (Å²) in [5.41, 5.74) is 6.43. The second-order valence-corrected chi connectivity index (χ2v) is 4.10. The van der Waals surface area contributed by atoms with Gasteiger partial charge in [-0.15, -0.1) is 0 Å². The van der Waals surface area contributed by atoms with Crippen LogP contribution in [0.2, 0.25) is 0 Å². The van der Waals surface area contributed by atoms with E-state index in [1.807, 2.05) is 6.92 Å². The van der Waals surface area contributed by atoms with Gasteiger partial charge in [-0.2, -0.15) is 5.10 Å². The van der Waals surface area contributed by atoms with E-state index in [9.17, 15) is 4.79 Å². The van der Waals surface area contributed by atoms with Gasteiger partial charge >= 0.3 is 5.97 Å². The van der Waals surface area contributed by atoms with Crippen LogP contribution in [0, 0.1) is 0 Å². The second kappa shape index (κ2) is 6.10. The highest BCUT2D eigenvalue weighted by molar-refractivity contribution is 5.95. The molecule has 0 radical (unpaired) electrons. The zero-order chi connectivity index (χ0) is 14.5. The van der Waals surface area contributed by atoms with Gasteiger partial charge in [-0.3, -0.25) is 4.68 Å². The molecule has 6 nitrogen and oxygen atoms in total. The van der Waals surface area contributed by atoms with E-state index < -0.39 is 5.97 Å². The molecular formula is C14H17N3O3. The number of aromatic nitrogens is 2. The third-order valence-corrected chi connectivity index (χ3v) is 2.69. The summed E-state index contributed by atoms with van der Waals surface area (Å²) < 4.78 is 12.3. The summed E-state index contributed by atoms with van der Waals surface area (Å²) >= 11 is 0. The summed E-state index contributed by atoms with van der Waals surface area (Å²) in [5.74, 6) is 0.657. The Kier molecular flexibility index (Phi) is 4.24. The second-order valence-electron chi connectivity index (χ2n) is 4.10. The number of benzene rings is 1. The first kappa shape index (κ1) is 13.9. The minimum atomic E-state index is -0.459. The summed E-state index contributed by atoms with van der Waals surface area (Å²) in [7, 11) is 0. The summed E-state index contributed by atoms with van der Waals surface area (Å²) in [6.07, 6.45) is 3.39. The number of anilines is 1. The van der Waals surface area contributed by atoms with Gasteiger partial charge in [0.05, 0.1) is 24.6 Å². The van der Waals surface area contributed by atoms with Gasteiger partial charge in [-0.05, 0) is 32.0 Å². The average molecular weight is 275 g/mol. The molecule has 0 bridgehead atoms. The number of carbonyl (C=O) groups is 1. The van der Waals surface area contributed by atoms with Crippen molar-refractivity contribution in [3.05, 3.63) is 36.2 Å². The van der Waals surface area contributed by atoms with E-state index in [1.54, 1.807) is 42.2 Å². The van der Waals surface area contributed by atoms with Crippen molar-refractivity contribution in [3.8, 4) is 11.5 Å². The van der Waals surface area contributed by atoms with Crippen LogP contribution in [0.5, 0.6) is 11.5 Å². The number of rotatable bonds is 5. The molecular weight excluding hydrogens is 258 g/mol. The summed E-state index contributed by atoms with van der Waals surface area (Å²) in [5, 5.41) is 4.11. The van der Waals surface area contributed by atoms with Crippen molar-refractivity contribution < 1.29 is 14.3 Å². The van der Waals surface area contributed by atoms with Crippen LogP contribution in [0.25, 0.3) is 0 Å². The number of hydrogen-bond acceptors (Lipinski definition) is 5. The molecule has 0 spiro atoms. The number of nitrogen functional groups attached to an aromatic ring is 1. The number of esters is 1. The molecule has 0 aliphatic heterocycles. The Balaban J connectivity index is 2.20. The molecule has 0 aliphatic carbocycles. The first-order chi connectivity index (χ1) is 9.63. The lowest BCUT2D eigenvalue weighted by Gasteiger charge is -2.08. The summed E-state index contributed by atoms with van der Waals surface area (Å²) in [4.78, 5) is 11.7. The number of hydrogen-bond donors (Lipinski definition) is 1. The molecule has 0 aliphatic rings. The molecule has 20 heavy (non-hydrogen) atoms. The highest BCUT2D eigenvalue weighted by Gasteiger charge is 2.12. The Morgan fingerprint density at radius 1 is 1.35 bits per heavy atom. The van der Waals surface area contributed by atoms with Gasteiger partial charge in [-0.1, -0.05) is 0 Å². The van der Waals surface area contributed by atoms with Crippen molar-refractivity contribution in [1.29, 1.82) is 0 Å². The fraction of sp³-hybridized carbons (Fsp3) is 0.286. The maximum absolute atomic E-state index is 11.7. The number of aryl methyl sites for hydroxylation is 1. The Bertz CT molecular complexity index is 607. The van der Waals surface area contributed by atoms with Crippen molar-refractivity contribution in [2.45, 2.75) is 20.4 Å². The third kappa shape index (κ3) is 3.09. The minimum Gasteiger partial charge on any atom is -0.462 e. The fourth-order valence-electron chi connectivity index (χ4n) is 1.69. The molecule has 1 aromatic heterocycles. The van der Waals surface area contributed by atoms with Gasteiger partial charge in [-0.25, -0.2) is 4.79 Å². The van der Waals surface area contributed by atoms with Crippen molar-refractivity contribution >= 4 is 11.7 Å². The zero-order valence-corrected chi connectivity index (χ0v) is 11.5. The lowest BCUT2D eigenvalue weighted by atomic mass is 10.2. The Hall–Kier alpha value is -2.50. The summed E-state index contributed by atoms with van der Waals surface area (Å²) in [6.45, 7) is 4.79. The lowest BCUT2D eigenvalue weighted by Crippen LogP contribution is -2.08. The highest BCUT2D eigenvalue weighted by Crippen LogP contribution is 2.25. The zero-order valence-electron chi connectivity index (χ0n) is 11.5. The van der Waals surface area contributed by atoms with Crippen LogP contribution in [-0.2, 0) is 11.3 Å². The molecule has 1 heterocycles. The van der Waals surface area contributed by atoms with Gasteiger partial charge in [0.25, 0.3) is 0 Å². The molecule has 0 amide bonds. The normalized spacial score (nSPS) is 10.3. The van der Waals surface area contributed by atoms with Crippen LogP contribution in [0.15, 0.2) is 30.6 Å². The van der Waals surface area contributed by atoms with Crippen molar-refractivity contribution in [2.75, 3.05) is 12.3 Å². The number of nitrogens with zero attached hydrogens (tertiary/aromatic N) is 2. The van der Waals surface area contributed by atoms with Gasteiger partial charge in [0.2, 0.25) is 0 Å². The Morgan fingerprint density at radius 3 is 2.80 bits per heavy atom. The van der Waals surface area contributed by atoms with E-state index in [0.29, 0.717) is 29.4 Å². The first-order valence-corrected chi connectivity index (χ1v) is 6.41. The minimum absolute atomic E-state index is 0.298. The van der Waals surface area contributed by atoms with Crippen LogP contribution in [0.1, 0.15) is 24.2 Å². The Morgan fingerprint density at radius 2 is 2.15 bits per heavy atom. The molecule has 2 aromatic rings. The highest BCUT2D eigenvalue weighted by atomic mass is 16.5. The van der Waals surface area contributed by atoms with Gasteiger partial charge in [0.1, 0.15) is 5.75 Å². The Labute approximate surface area is 117 Å². The number of carbonyl (C=O) groups excluding carboxylic acids is 1. The predicted molar refractivity (Wildman–Crippen MR) is 74.8 cm³/mol. The fourth-order valence-corrected chi connectivity index (χ4v) is 1.69. The van der Waals surface area contributed by atoms with Crippen LogP contribution in [-0.4, -0.2) is 22.4 Å². The smallest absolute Gasteiger partial charge is 0.340 e. The monoisotopic (exact) mass is 275 g/mol. The summed E-state index contributed by atoms with van der Waals surface area (Å²) in [6, 6.07) is 4.88. The SMILES string of the molecule is CCOC(=O)c1cc(Oc2cnn(CC)c2)ccc1N. The van der Waals surface area contributed by atoms with Gasteiger partial charge in [0.15, 0.2) is 5.75 Å². The van der Waals surface area contributed by atoms with Crippen molar-refractivity contribution in [2.24, 2.45) is 0 Å². The van der Waals surface area contributed by atoms with Gasteiger partial charge in [0, 0.05) is 12.2 Å². The topological polar surface area (TPSA) is 79.4 Å². The molecule has 0 saturated heterocycles. The van der Waals surface area contributed by atoms with Crippen LogP contribution in [0.3, 0.4) is 0 Å². The van der Waals surface area contributed by atoms with E-state index >= 15 is 0 Å². The van der Waals surface area contributed by atoms with E-state index in [0.717, 1.165) is 6.54 Å². The van der Waals surface area contributed by atoms with E-state index in [-0.39, 0.29) is 0 Å². The van der Waals surface area contributed by atoms with E-state index in [1.165, 1.54) is 0 Å². The predicted octanol–water partition coefficient (Wildman–Crippen LogP) is 2.45. The molecule has 2 N–H and O–H groups in total. The molecule has 0 atom stereocenters. The molecule has 6 heteroatoms. The molecule has 1 aromatic carbocycles. The maximum atomic E-state index is 11.7. The van der Waals surface area contributed by atoms with Crippen molar-refractivity contribution in [3.63, 3.8) is 0 Å². The van der Waals surface area contributed by atoms with Crippen LogP contribution < -0.4 is 10.5 Å². The quantitative estimate of drug-likeness (QED) is 0.669. The lowest BCUT2D eigenvalue weighted by molar-refractivity contribution is 0.0527. The van der Waals surface area contributed by atoms with Gasteiger partial charge < -0.3 is 15.2 Å². The molecule has 2 rings (SSSR count). The van der Waals surface area contributed by atoms with E-state index in [2.05, 4.69) is 5.10 Å². The molecule has 0 saturated carbocycles. The third-order valence-electron chi connectivity index (χ3n) is 2.69. The van der Waals surface area contributed by atoms with Crippen LogP contribution in [0.4, 0.5) is 5.69 Å². The standard InChI is InChI=1S/C14H17N3O3/c1-3-17-9-11(8-16-17)20-10-5-6-13(15)12(7-10)14(18)19-4-2/h5-9H,3-4,15H2,1-2H3.